The molecule has 1 aliphatic carbocycles. The van der Waals surface area contributed by atoms with Crippen molar-refractivity contribution >= 4 is 11.4 Å². The Morgan fingerprint density at radius 1 is 1.37 bits per heavy atom. The van der Waals surface area contributed by atoms with Crippen LogP contribution in [0.15, 0.2) is 76.4 Å². The maximum atomic E-state index is 14.0. The second-order valence-electron chi connectivity index (χ2n) is 7.25. The van der Waals surface area contributed by atoms with Crippen LogP contribution in [0.4, 0.5) is 4.39 Å². The normalized spacial score (nSPS) is 19.7. The van der Waals surface area contributed by atoms with Crippen molar-refractivity contribution in [3.63, 3.8) is 0 Å². The second kappa shape index (κ2) is 8.11. The van der Waals surface area contributed by atoms with E-state index in [1.54, 1.807) is 30.5 Å². The predicted octanol–water partition coefficient (Wildman–Crippen LogP) is 2.89. The Kier molecular flexibility index (Phi) is 5.36. The van der Waals surface area contributed by atoms with Gasteiger partial charge < -0.3 is 19.5 Å². The van der Waals surface area contributed by atoms with Gasteiger partial charge in [-0.15, -0.1) is 0 Å². The third-order valence-corrected chi connectivity index (χ3v) is 5.24. The second-order valence-corrected chi connectivity index (χ2v) is 7.25. The van der Waals surface area contributed by atoms with Crippen molar-refractivity contribution in [3.05, 3.63) is 88.9 Å². The van der Waals surface area contributed by atoms with E-state index < -0.39 is 24.4 Å². The number of allylic oxidation sites excluding steroid dienone is 5. The topological polar surface area (TPSA) is 97.7 Å². The van der Waals surface area contributed by atoms with Crippen LogP contribution >= 0.6 is 0 Å². The van der Waals surface area contributed by atoms with Crippen LogP contribution in [0.1, 0.15) is 23.5 Å². The van der Waals surface area contributed by atoms with Gasteiger partial charge in [-0.05, 0) is 34.9 Å². The Bertz CT molecular complexity index is 1110. The molecule has 0 fully saturated rings. The van der Waals surface area contributed by atoms with Gasteiger partial charge in [-0.25, -0.2) is 4.39 Å². The SMILES string of the molecule is N#CC1=C(c2cccc(F)c2)C2=CC(c3ccoc3)C(=O)CC2=CN1CC(O)CO. The number of carbonyl (C=O) groups is 1. The third kappa shape index (κ3) is 3.59. The van der Waals surface area contributed by atoms with Crippen LogP contribution in [-0.2, 0) is 4.79 Å². The van der Waals surface area contributed by atoms with Gasteiger partial charge in [-0.3, -0.25) is 4.79 Å². The largest absolute Gasteiger partial charge is 0.472 e. The molecule has 0 spiro atoms. The zero-order valence-corrected chi connectivity index (χ0v) is 16.0. The number of halogens is 1. The highest BCUT2D eigenvalue weighted by atomic mass is 19.1. The lowest BCUT2D eigenvalue weighted by Crippen LogP contribution is -2.34. The van der Waals surface area contributed by atoms with Crippen LogP contribution in [0.5, 0.6) is 0 Å². The fraction of sp³-hybridized carbons (Fsp3) is 0.217. The number of Topliss-reactive ketones (excluding diaryl/α,β-unsaturated/α-hetero) is 1. The van der Waals surface area contributed by atoms with Crippen LogP contribution in [0.2, 0.25) is 0 Å². The molecule has 2 heterocycles. The fourth-order valence-electron chi connectivity index (χ4n) is 3.86. The lowest BCUT2D eigenvalue weighted by molar-refractivity contribution is -0.119. The quantitative estimate of drug-likeness (QED) is 0.793. The fourth-order valence-corrected chi connectivity index (χ4v) is 3.86. The number of β-amino-alcohol motifs (C(OH)–C–C–N with tert-alkyl or cyclic N) is 1. The summed E-state index contributed by atoms with van der Waals surface area (Å²) in [6.45, 7) is -0.508. The molecular formula is C23H19FN2O4. The first-order valence-corrected chi connectivity index (χ1v) is 9.45. The number of furan rings is 1. The molecule has 0 bridgehead atoms. The lowest BCUT2D eigenvalue weighted by Gasteiger charge is -2.34. The van der Waals surface area contributed by atoms with E-state index in [4.69, 9.17) is 4.42 Å². The first-order valence-electron chi connectivity index (χ1n) is 9.45. The Morgan fingerprint density at radius 2 is 2.20 bits per heavy atom. The average molecular weight is 406 g/mol. The van der Waals surface area contributed by atoms with E-state index in [-0.39, 0.29) is 24.4 Å². The maximum absolute atomic E-state index is 14.0. The lowest BCUT2D eigenvalue weighted by atomic mass is 9.77. The van der Waals surface area contributed by atoms with Crippen LogP contribution in [0.3, 0.4) is 0 Å². The summed E-state index contributed by atoms with van der Waals surface area (Å²) in [6.07, 6.45) is 5.47. The third-order valence-electron chi connectivity index (χ3n) is 5.24. The molecule has 6 nitrogen and oxygen atoms in total. The van der Waals surface area contributed by atoms with Crippen molar-refractivity contribution in [1.29, 1.82) is 5.26 Å². The molecule has 2 N–H and O–H groups in total. The molecule has 2 atom stereocenters. The number of hydrogen-bond donors (Lipinski definition) is 2. The molecule has 2 aliphatic rings. The Morgan fingerprint density at radius 3 is 2.87 bits per heavy atom. The minimum Gasteiger partial charge on any atom is -0.472 e. The molecule has 1 aromatic heterocycles. The number of nitriles is 1. The van der Waals surface area contributed by atoms with E-state index >= 15 is 0 Å². The molecule has 0 amide bonds. The van der Waals surface area contributed by atoms with Gasteiger partial charge in [0.1, 0.15) is 23.4 Å². The maximum Gasteiger partial charge on any atom is 0.148 e. The molecule has 0 saturated heterocycles. The molecule has 152 valence electrons. The average Bonchev–Trinajstić information content (AvgIpc) is 3.26. The predicted molar refractivity (Wildman–Crippen MR) is 106 cm³/mol. The van der Waals surface area contributed by atoms with E-state index in [0.717, 1.165) is 0 Å². The molecule has 30 heavy (non-hydrogen) atoms. The number of rotatable bonds is 5. The summed E-state index contributed by atoms with van der Waals surface area (Å²) >= 11 is 0. The molecule has 2 aromatic rings. The summed E-state index contributed by atoms with van der Waals surface area (Å²) in [6, 6.07) is 9.77. The molecule has 4 rings (SSSR count). The molecule has 0 saturated carbocycles. The number of aliphatic hydroxyl groups excluding tert-OH is 2. The number of carbonyl (C=O) groups excluding carboxylic acids is 1. The van der Waals surface area contributed by atoms with Gasteiger partial charge >= 0.3 is 0 Å². The van der Waals surface area contributed by atoms with Crippen LogP contribution < -0.4 is 0 Å². The van der Waals surface area contributed by atoms with Crippen molar-refractivity contribution < 1.29 is 23.8 Å². The summed E-state index contributed by atoms with van der Waals surface area (Å²) < 4.78 is 19.1. The van der Waals surface area contributed by atoms with Gasteiger partial charge in [0, 0.05) is 23.8 Å². The van der Waals surface area contributed by atoms with Gasteiger partial charge in [0.25, 0.3) is 0 Å². The summed E-state index contributed by atoms with van der Waals surface area (Å²) in [5.74, 6) is -1.02. The van der Waals surface area contributed by atoms with Gasteiger partial charge in [-0.1, -0.05) is 18.2 Å². The minimum atomic E-state index is -1.08. The number of nitrogens with zero attached hydrogens (tertiary/aromatic N) is 2. The smallest absolute Gasteiger partial charge is 0.148 e. The molecule has 1 aromatic carbocycles. The minimum absolute atomic E-state index is 0.0334. The first kappa shape index (κ1) is 19.8. The Hall–Kier alpha value is -3.47. The van der Waals surface area contributed by atoms with Gasteiger partial charge in [-0.2, -0.15) is 5.26 Å². The molecule has 1 aliphatic heterocycles. The van der Waals surface area contributed by atoms with Crippen LogP contribution in [-0.4, -0.2) is 40.2 Å². The van der Waals surface area contributed by atoms with Gasteiger partial charge in [0.2, 0.25) is 0 Å². The number of fused-ring (bicyclic) bond motifs is 1. The highest BCUT2D eigenvalue weighted by Gasteiger charge is 2.34. The number of benzene rings is 1. The first-order chi connectivity index (χ1) is 14.5. The Balaban J connectivity index is 1.91. The Labute approximate surface area is 172 Å². The van der Waals surface area contributed by atoms with E-state index in [0.29, 0.717) is 27.8 Å². The van der Waals surface area contributed by atoms with E-state index in [2.05, 4.69) is 6.07 Å². The van der Waals surface area contributed by atoms with Crippen molar-refractivity contribution in [2.45, 2.75) is 18.4 Å². The van der Waals surface area contributed by atoms with Crippen LogP contribution in [0.25, 0.3) is 5.57 Å². The molecule has 7 heteroatoms. The highest BCUT2D eigenvalue weighted by Crippen LogP contribution is 2.44. The van der Waals surface area contributed by atoms with Crippen molar-refractivity contribution in [1.82, 2.24) is 4.90 Å². The zero-order chi connectivity index (χ0) is 21.3. The summed E-state index contributed by atoms with van der Waals surface area (Å²) in [4.78, 5) is 14.3. The standard InChI is InChI=1S/C23H19FN2O4/c24-17-3-1-2-14(6-17)23-20-8-19(15-4-5-30-13-15)22(29)7-16(20)10-26(21(23)9-25)11-18(28)12-27/h1-6,8,10,13,18-19,27-28H,7,11-12H2. The zero-order valence-electron chi connectivity index (χ0n) is 16.0. The molecular weight excluding hydrogens is 387 g/mol. The number of ketones is 1. The summed E-state index contributed by atoms with van der Waals surface area (Å²) in [5.41, 5.74) is 3.25. The molecule has 2 unspecified atom stereocenters. The van der Waals surface area contributed by atoms with E-state index in [1.807, 2.05) is 0 Å². The van der Waals surface area contributed by atoms with Gasteiger partial charge in [0.15, 0.2) is 0 Å². The number of aliphatic hydroxyl groups is 2. The number of hydrogen-bond acceptors (Lipinski definition) is 6. The molecule has 0 radical (unpaired) electrons. The van der Waals surface area contributed by atoms with E-state index in [9.17, 15) is 24.7 Å². The van der Waals surface area contributed by atoms with Gasteiger partial charge in [0.05, 0.1) is 37.7 Å². The van der Waals surface area contributed by atoms with Crippen molar-refractivity contribution in [3.8, 4) is 6.07 Å². The monoisotopic (exact) mass is 406 g/mol. The summed E-state index contributed by atoms with van der Waals surface area (Å²) in [7, 11) is 0. The van der Waals surface area contributed by atoms with Crippen molar-refractivity contribution in [2.75, 3.05) is 13.2 Å². The van der Waals surface area contributed by atoms with Crippen molar-refractivity contribution in [2.24, 2.45) is 0 Å². The van der Waals surface area contributed by atoms with Crippen LogP contribution in [0, 0.1) is 17.1 Å². The highest BCUT2D eigenvalue weighted by molar-refractivity contribution is 5.99. The summed E-state index contributed by atoms with van der Waals surface area (Å²) in [5, 5.41) is 29.1. The van der Waals surface area contributed by atoms with E-state index in [1.165, 1.54) is 29.6 Å².